The number of alkyl halides is 1. The van der Waals surface area contributed by atoms with Crippen molar-refractivity contribution in [1.82, 2.24) is 0 Å². The maximum Gasteiger partial charge on any atom is 0.258 e. The van der Waals surface area contributed by atoms with Crippen LogP contribution in [0, 0.1) is 11.6 Å². The Bertz CT molecular complexity index is 646. The second-order valence-corrected chi connectivity index (χ2v) is 5.36. The zero-order valence-corrected chi connectivity index (χ0v) is 12.8. The molecule has 0 aliphatic heterocycles. The Balaban J connectivity index is 2.12. The van der Waals surface area contributed by atoms with E-state index in [9.17, 15) is 13.6 Å². The van der Waals surface area contributed by atoms with Crippen molar-refractivity contribution < 1.29 is 13.6 Å². The van der Waals surface area contributed by atoms with Crippen LogP contribution < -0.4 is 5.32 Å². The molecule has 1 N–H and O–H groups in total. The van der Waals surface area contributed by atoms with E-state index in [2.05, 4.69) is 21.2 Å². The summed E-state index contributed by atoms with van der Waals surface area (Å²) in [6.45, 7) is 0. The molecule has 0 aromatic heterocycles. The number of amides is 1. The number of nitrogens with one attached hydrogen (secondary N) is 1. The molecule has 0 heterocycles. The molecular weight excluding hydrogens is 340 g/mol. The lowest BCUT2D eigenvalue weighted by molar-refractivity contribution is 0.102. The summed E-state index contributed by atoms with van der Waals surface area (Å²) in [6.07, 6.45) is 1.88. The minimum Gasteiger partial charge on any atom is -0.322 e. The van der Waals surface area contributed by atoms with Gasteiger partial charge in [-0.25, -0.2) is 8.78 Å². The normalized spacial score (nSPS) is 10.4. The van der Waals surface area contributed by atoms with E-state index in [4.69, 9.17) is 0 Å². The number of benzene rings is 2. The molecule has 0 aliphatic rings. The molecule has 0 fully saturated rings. The fourth-order valence-electron chi connectivity index (χ4n) is 1.95. The molecule has 0 aliphatic carbocycles. The van der Waals surface area contributed by atoms with Gasteiger partial charge in [0.05, 0.1) is 5.56 Å². The zero-order valence-electron chi connectivity index (χ0n) is 11.2. The molecule has 2 aromatic rings. The van der Waals surface area contributed by atoms with Crippen LogP contribution in [0.5, 0.6) is 0 Å². The van der Waals surface area contributed by atoms with Crippen molar-refractivity contribution in [2.45, 2.75) is 12.8 Å². The van der Waals surface area contributed by atoms with E-state index < -0.39 is 17.5 Å². The van der Waals surface area contributed by atoms with Crippen LogP contribution in [0.2, 0.25) is 0 Å². The maximum absolute atomic E-state index is 13.5. The summed E-state index contributed by atoms with van der Waals surface area (Å²) in [5.74, 6) is -2.17. The lowest BCUT2D eigenvalue weighted by Crippen LogP contribution is -2.14. The zero-order chi connectivity index (χ0) is 15.2. The first-order valence-electron chi connectivity index (χ1n) is 6.51. The summed E-state index contributed by atoms with van der Waals surface area (Å²) in [7, 11) is 0. The third kappa shape index (κ3) is 4.36. The molecule has 0 saturated carbocycles. The lowest BCUT2D eigenvalue weighted by atomic mass is 10.1. The predicted molar refractivity (Wildman–Crippen MR) is 82.9 cm³/mol. The number of hydrogen-bond donors (Lipinski definition) is 1. The number of rotatable bonds is 5. The van der Waals surface area contributed by atoms with Crippen LogP contribution in [0.25, 0.3) is 0 Å². The predicted octanol–water partition coefficient (Wildman–Crippen LogP) is 4.54. The molecule has 2 nitrogen and oxygen atoms in total. The van der Waals surface area contributed by atoms with E-state index in [1.165, 1.54) is 0 Å². The van der Waals surface area contributed by atoms with Crippen LogP contribution >= 0.6 is 15.9 Å². The molecule has 110 valence electrons. The molecule has 0 bridgehead atoms. The Hall–Kier alpha value is -1.75. The van der Waals surface area contributed by atoms with E-state index in [0.717, 1.165) is 35.9 Å². The van der Waals surface area contributed by atoms with Gasteiger partial charge in [0.1, 0.15) is 11.6 Å². The van der Waals surface area contributed by atoms with Crippen LogP contribution in [0.15, 0.2) is 42.5 Å². The Morgan fingerprint density at radius 3 is 2.67 bits per heavy atom. The van der Waals surface area contributed by atoms with E-state index >= 15 is 0 Å². The Morgan fingerprint density at radius 1 is 1.14 bits per heavy atom. The molecule has 0 atom stereocenters. The molecule has 0 radical (unpaired) electrons. The Kier molecular flexibility index (Phi) is 5.44. The number of carbonyl (C=O) groups excluding carboxylic acids is 1. The molecule has 0 unspecified atom stereocenters. The van der Waals surface area contributed by atoms with Crippen molar-refractivity contribution in [3.63, 3.8) is 0 Å². The summed E-state index contributed by atoms with van der Waals surface area (Å²) in [5.41, 5.74) is 1.50. The quantitative estimate of drug-likeness (QED) is 0.785. The van der Waals surface area contributed by atoms with Crippen LogP contribution in [0.4, 0.5) is 14.5 Å². The van der Waals surface area contributed by atoms with E-state index in [-0.39, 0.29) is 5.56 Å². The van der Waals surface area contributed by atoms with Gasteiger partial charge in [-0.15, -0.1) is 0 Å². The third-order valence-electron chi connectivity index (χ3n) is 2.96. The van der Waals surface area contributed by atoms with Crippen LogP contribution in [-0.4, -0.2) is 11.2 Å². The second kappa shape index (κ2) is 7.31. The monoisotopic (exact) mass is 353 g/mol. The first kappa shape index (κ1) is 15.6. The highest BCUT2D eigenvalue weighted by Crippen LogP contribution is 2.16. The van der Waals surface area contributed by atoms with Crippen LogP contribution in [0.3, 0.4) is 0 Å². The van der Waals surface area contributed by atoms with Crippen molar-refractivity contribution in [3.8, 4) is 0 Å². The molecule has 0 spiro atoms. The summed E-state index contributed by atoms with van der Waals surface area (Å²) in [6, 6.07) is 10.3. The number of anilines is 1. The van der Waals surface area contributed by atoms with Crippen LogP contribution in [0.1, 0.15) is 22.3 Å². The minimum absolute atomic E-state index is 0.178. The van der Waals surface area contributed by atoms with Gasteiger partial charge in [0.2, 0.25) is 0 Å². The number of hydrogen-bond acceptors (Lipinski definition) is 1. The largest absolute Gasteiger partial charge is 0.322 e. The number of aryl methyl sites for hydroxylation is 1. The standard InChI is InChI=1S/C16H14BrF2NO/c17-8-2-4-11-3-1-5-13(9-11)20-16(21)14-7-6-12(18)10-15(14)19/h1,3,5-7,9-10H,2,4,8H2,(H,20,21). The smallest absolute Gasteiger partial charge is 0.258 e. The molecule has 21 heavy (non-hydrogen) atoms. The Morgan fingerprint density at radius 2 is 1.95 bits per heavy atom. The van der Waals surface area contributed by atoms with Crippen molar-refractivity contribution in [2.24, 2.45) is 0 Å². The number of carbonyl (C=O) groups is 1. The van der Waals surface area contributed by atoms with Gasteiger partial charge in [0, 0.05) is 17.1 Å². The average molecular weight is 354 g/mol. The van der Waals surface area contributed by atoms with Gasteiger partial charge < -0.3 is 5.32 Å². The molecule has 1 amide bonds. The molecular formula is C16H14BrF2NO. The van der Waals surface area contributed by atoms with Gasteiger partial charge in [0.15, 0.2) is 0 Å². The van der Waals surface area contributed by atoms with Gasteiger partial charge in [-0.2, -0.15) is 0 Å². The molecule has 2 aromatic carbocycles. The highest BCUT2D eigenvalue weighted by atomic mass is 79.9. The first-order valence-corrected chi connectivity index (χ1v) is 7.63. The first-order chi connectivity index (χ1) is 10.1. The van der Waals surface area contributed by atoms with Gasteiger partial charge in [-0.3, -0.25) is 4.79 Å². The van der Waals surface area contributed by atoms with E-state index in [1.807, 2.05) is 18.2 Å². The molecule has 5 heteroatoms. The van der Waals surface area contributed by atoms with Crippen LogP contribution in [-0.2, 0) is 6.42 Å². The molecule has 0 saturated heterocycles. The van der Waals surface area contributed by atoms with Gasteiger partial charge in [0.25, 0.3) is 5.91 Å². The number of halogens is 3. The Labute approximate surface area is 130 Å². The van der Waals surface area contributed by atoms with Crippen molar-refractivity contribution in [1.29, 1.82) is 0 Å². The topological polar surface area (TPSA) is 29.1 Å². The maximum atomic E-state index is 13.5. The van der Waals surface area contributed by atoms with E-state index in [1.54, 1.807) is 6.07 Å². The van der Waals surface area contributed by atoms with Gasteiger partial charge in [-0.05, 0) is 42.7 Å². The summed E-state index contributed by atoms with van der Waals surface area (Å²) >= 11 is 3.37. The van der Waals surface area contributed by atoms with Gasteiger partial charge in [-0.1, -0.05) is 28.1 Å². The highest BCUT2D eigenvalue weighted by molar-refractivity contribution is 9.09. The summed E-state index contributed by atoms with van der Waals surface area (Å²) in [4.78, 5) is 12.0. The second-order valence-electron chi connectivity index (χ2n) is 4.57. The average Bonchev–Trinajstić information content (AvgIpc) is 2.45. The summed E-state index contributed by atoms with van der Waals surface area (Å²) in [5, 5.41) is 3.53. The van der Waals surface area contributed by atoms with E-state index in [0.29, 0.717) is 11.8 Å². The van der Waals surface area contributed by atoms with Crippen molar-refractivity contribution >= 4 is 27.5 Å². The lowest BCUT2D eigenvalue weighted by Gasteiger charge is -2.08. The van der Waals surface area contributed by atoms with Crippen molar-refractivity contribution in [3.05, 3.63) is 65.2 Å². The molecule has 2 rings (SSSR count). The summed E-state index contributed by atoms with van der Waals surface area (Å²) < 4.78 is 26.4. The highest BCUT2D eigenvalue weighted by Gasteiger charge is 2.12. The SMILES string of the molecule is O=C(Nc1cccc(CCCBr)c1)c1ccc(F)cc1F. The fourth-order valence-corrected chi connectivity index (χ4v) is 2.23. The third-order valence-corrected chi connectivity index (χ3v) is 3.52. The van der Waals surface area contributed by atoms with Gasteiger partial charge >= 0.3 is 0 Å². The minimum atomic E-state index is -0.872. The van der Waals surface area contributed by atoms with Crippen molar-refractivity contribution in [2.75, 3.05) is 10.6 Å². The fraction of sp³-hybridized carbons (Fsp3) is 0.188.